The highest BCUT2D eigenvalue weighted by Crippen LogP contribution is 2.40. The summed E-state index contributed by atoms with van der Waals surface area (Å²) < 4.78 is 16.1. The SMILES string of the molecule is COc1ccc(CN=C(N)N(C)C2CC2)c(OC)c1OC.I. The first-order chi connectivity index (χ1) is 10.1. The lowest BCUT2D eigenvalue weighted by atomic mass is 10.1. The molecule has 0 atom stereocenters. The lowest BCUT2D eigenvalue weighted by molar-refractivity contribution is 0.322. The van der Waals surface area contributed by atoms with Gasteiger partial charge in [0.1, 0.15) is 0 Å². The van der Waals surface area contributed by atoms with Gasteiger partial charge in [-0.1, -0.05) is 0 Å². The summed E-state index contributed by atoms with van der Waals surface area (Å²) in [5.74, 6) is 2.38. The van der Waals surface area contributed by atoms with Crippen LogP contribution in [-0.2, 0) is 6.54 Å². The maximum atomic E-state index is 6.00. The van der Waals surface area contributed by atoms with Gasteiger partial charge in [-0.25, -0.2) is 4.99 Å². The normalized spacial score (nSPS) is 14.1. The maximum absolute atomic E-state index is 6.00. The van der Waals surface area contributed by atoms with E-state index in [-0.39, 0.29) is 24.0 Å². The number of benzene rings is 1. The van der Waals surface area contributed by atoms with Crippen molar-refractivity contribution in [2.75, 3.05) is 28.4 Å². The van der Waals surface area contributed by atoms with E-state index < -0.39 is 0 Å². The molecular formula is C15H24IN3O3. The number of ether oxygens (including phenoxy) is 3. The van der Waals surface area contributed by atoms with Crippen molar-refractivity contribution >= 4 is 29.9 Å². The van der Waals surface area contributed by atoms with Gasteiger partial charge in [0.15, 0.2) is 17.5 Å². The molecule has 1 aliphatic rings. The molecule has 1 aromatic carbocycles. The zero-order valence-electron chi connectivity index (χ0n) is 13.5. The number of nitrogens with zero attached hydrogens (tertiary/aromatic N) is 2. The van der Waals surface area contributed by atoms with E-state index in [1.54, 1.807) is 21.3 Å². The van der Waals surface area contributed by atoms with Crippen LogP contribution in [0.2, 0.25) is 0 Å². The van der Waals surface area contributed by atoms with Crippen molar-refractivity contribution in [1.82, 2.24) is 4.90 Å². The third-order valence-electron chi connectivity index (χ3n) is 3.65. The van der Waals surface area contributed by atoms with E-state index in [0.29, 0.717) is 35.8 Å². The number of nitrogens with two attached hydrogens (primary N) is 1. The quantitative estimate of drug-likeness (QED) is 0.434. The Morgan fingerprint density at radius 2 is 1.82 bits per heavy atom. The minimum Gasteiger partial charge on any atom is -0.493 e. The standard InChI is InChI=1S/C15H23N3O3.HI/c1-18(11-6-7-11)15(16)17-9-10-5-8-12(19-2)14(21-4)13(10)20-3;/h5,8,11H,6-7,9H2,1-4H3,(H2,16,17);1H. The topological polar surface area (TPSA) is 69.3 Å². The zero-order chi connectivity index (χ0) is 15.4. The van der Waals surface area contributed by atoms with E-state index in [0.717, 1.165) is 5.56 Å². The van der Waals surface area contributed by atoms with Crippen molar-refractivity contribution in [3.63, 3.8) is 0 Å². The molecule has 0 bridgehead atoms. The van der Waals surface area contributed by atoms with Gasteiger partial charge in [-0.05, 0) is 25.0 Å². The van der Waals surface area contributed by atoms with E-state index >= 15 is 0 Å². The van der Waals surface area contributed by atoms with Crippen molar-refractivity contribution in [2.24, 2.45) is 10.7 Å². The fourth-order valence-corrected chi connectivity index (χ4v) is 2.21. The molecule has 0 heterocycles. The third kappa shape index (κ3) is 4.08. The summed E-state index contributed by atoms with van der Waals surface area (Å²) in [6, 6.07) is 4.29. The first-order valence-corrected chi connectivity index (χ1v) is 6.93. The summed E-state index contributed by atoms with van der Waals surface area (Å²) >= 11 is 0. The molecule has 6 nitrogen and oxygen atoms in total. The summed E-state index contributed by atoms with van der Waals surface area (Å²) in [6.07, 6.45) is 2.37. The van der Waals surface area contributed by atoms with Gasteiger partial charge in [0, 0.05) is 18.7 Å². The van der Waals surface area contributed by atoms with Crippen molar-refractivity contribution in [3.8, 4) is 17.2 Å². The third-order valence-corrected chi connectivity index (χ3v) is 3.65. The molecule has 0 amide bonds. The van der Waals surface area contributed by atoms with E-state index in [2.05, 4.69) is 4.99 Å². The minimum absolute atomic E-state index is 0. The predicted octanol–water partition coefficient (Wildman–Crippen LogP) is 2.24. The number of hydrogen-bond donors (Lipinski definition) is 1. The van der Waals surface area contributed by atoms with Gasteiger partial charge < -0.3 is 24.8 Å². The van der Waals surface area contributed by atoms with Crippen LogP contribution in [0.5, 0.6) is 17.2 Å². The van der Waals surface area contributed by atoms with E-state index in [9.17, 15) is 0 Å². The molecule has 0 spiro atoms. The van der Waals surface area contributed by atoms with Crippen LogP contribution in [0.15, 0.2) is 17.1 Å². The summed E-state index contributed by atoms with van der Waals surface area (Å²) in [6.45, 7) is 0.437. The van der Waals surface area contributed by atoms with Crippen LogP contribution in [0.3, 0.4) is 0 Å². The molecule has 1 aromatic rings. The highest BCUT2D eigenvalue weighted by molar-refractivity contribution is 14.0. The van der Waals surface area contributed by atoms with Gasteiger partial charge in [0.05, 0.1) is 27.9 Å². The number of hydrogen-bond acceptors (Lipinski definition) is 4. The second-order valence-electron chi connectivity index (χ2n) is 5.01. The molecule has 0 unspecified atom stereocenters. The Balaban J connectivity index is 0.00000242. The number of rotatable bonds is 6. The first kappa shape index (κ1) is 18.7. The Labute approximate surface area is 148 Å². The second kappa shape index (κ2) is 8.30. The average molecular weight is 421 g/mol. The summed E-state index contributed by atoms with van der Waals surface area (Å²) in [7, 11) is 6.76. The lowest BCUT2D eigenvalue weighted by Gasteiger charge is -2.18. The molecule has 0 aromatic heterocycles. The van der Waals surface area contributed by atoms with Crippen LogP contribution in [-0.4, -0.2) is 45.3 Å². The summed E-state index contributed by atoms with van der Waals surface area (Å²) in [5, 5.41) is 0. The average Bonchev–Trinajstić information content (AvgIpc) is 3.35. The summed E-state index contributed by atoms with van der Waals surface area (Å²) in [5.41, 5.74) is 6.91. The molecule has 1 saturated carbocycles. The molecule has 7 heteroatoms. The van der Waals surface area contributed by atoms with Crippen LogP contribution in [0.4, 0.5) is 0 Å². The van der Waals surface area contributed by atoms with E-state index in [4.69, 9.17) is 19.9 Å². The zero-order valence-corrected chi connectivity index (χ0v) is 15.8. The van der Waals surface area contributed by atoms with E-state index in [1.807, 2.05) is 24.1 Å². The van der Waals surface area contributed by atoms with Crippen LogP contribution >= 0.6 is 24.0 Å². The number of aliphatic imine (C=N–C) groups is 1. The molecule has 124 valence electrons. The largest absolute Gasteiger partial charge is 0.493 e. The van der Waals surface area contributed by atoms with Crippen LogP contribution < -0.4 is 19.9 Å². The highest BCUT2D eigenvalue weighted by Gasteiger charge is 2.27. The number of halogens is 1. The van der Waals surface area contributed by atoms with Gasteiger partial charge in [0.25, 0.3) is 0 Å². The highest BCUT2D eigenvalue weighted by atomic mass is 127. The Hall–Kier alpha value is -1.38. The molecule has 2 N–H and O–H groups in total. The van der Waals surface area contributed by atoms with Crippen LogP contribution in [0, 0.1) is 0 Å². The van der Waals surface area contributed by atoms with Crippen LogP contribution in [0.25, 0.3) is 0 Å². The van der Waals surface area contributed by atoms with Gasteiger partial charge in [0.2, 0.25) is 5.75 Å². The first-order valence-electron chi connectivity index (χ1n) is 6.93. The molecule has 1 fully saturated rings. The minimum atomic E-state index is 0. The Kier molecular flexibility index (Phi) is 7.05. The monoisotopic (exact) mass is 421 g/mol. The number of guanidine groups is 1. The number of methoxy groups -OCH3 is 3. The van der Waals surface area contributed by atoms with Crippen molar-refractivity contribution < 1.29 is 14.2 Å². The van der Waals surface area contributed by atoms with Crippen molar-refractivity contribution in [3.05, 3.63) is 17.7 Å². The Morgan fingerprint density at radius 1 is 1.18 bits per heavy atom. The molecule has 1 aliphatic carbocycles. The molecule has 2 rings (SSSR count). The fourth-order valence-electron chi connectivity index (χ4n) is 2.21. The molecule has 0 aliphatic heterocycles. The lowest BCUT2D eigenvalue weighted by Crippen LogP contribution is -2.35. The van der Waals surface area contributed by atoms with Crippen molar-refractivity contribution in [2.45, 2.75) is 25.4 Å². The van der Waals surface area contributed by atoms with E-state index in [1.165, 1.54) is 12.8 Å². The predicted molar refractivity (Wildman–Crippen MR) is 97.6 cm³/mol. The van der Waals surface area contributed by atoms with Gasteiger partial charge in [-0.3, -0.25) is 0 Å². The second-order valence-corrected chi connectivity index (χ2v) is 5.01. The molecule has 22 heavy (non-hydrogen) atoms. The van der Waals surface area contributed by atoms with Gasteiger partial charge in [-0.15, -0.1) is 24.0 Å². The molecule has 0 saturated heterocycles. The van der Waals surface area contributed by atoms with Gasteiger partial charge in [-0.2, -0.15) is 0 Å². The molecular weight excluding hydrogens is 397 g/mol. The Morgan fingerprint density at radius 3 is 2.32 bits per heavy atom. The van der Waals surface area contributed by atoms with Crippen molar-refractivity contribution in [1.29, 1.82) is 0 Å². The van der Waals surface area contributed by atoms with Crippen LogP contribution in [0.1, 0.15) is 18.4 Å². The summed E-state index contributed by atoms with van der Waals surface area (Å²) in [4.78, 5) is 6.46. The maximum Gasteiger partial charge on any atom is 0.203 e. The smallest absolute Gasteiger partial charge is 0.203 e. The molecule has 0 radical (unpaired) electrons. The fraction of sp³-hybridized carbons (Fsp3) is 0.533. The van der Waals surface area contributed by atoms with Gasteiger partial charge >= 0.3 is 0 Å². The Bertz CT molecular complexity index is 533.